The first-order valence-corrected chi connectivity index (χ1v) is 7.47. The number of hydrogen-bond donors (Lipinski definition) is 2. The van der Waals surface area contributed by atoms with Crippen LogP contribution in [0.5, 0.6) is 0 Å². The summed E-state index contributed by atoms with van der Waals surface area (Å²) in [5.74, 6) is -0.894. The molecule has 0 spiro atoms. The van der Waals surface area contributed by atoms with Gasteiger partial charge in [0.25, 0.3) is 0 Å². The van der Waals surface area contributed by atoms with Gasteiger partial charge in [0, 0.05) is 5.92 Å². The van der Waals surface area contributed by atoms with Crippen molar-refractivity contribution in [3.05, 3.63) is 12.7 Å². The van der Waals surface area contributed by atoms with Gasteiger partial charge in [0.05, 0.1) is 13.2 Å². The largest absolute Gasteiger partial charge is 0.480 e. The van der Waals surface area contributed by atoms with Crippen molar-refractivity contribution in [2.75, 3.05) is 13.2 Å². The summed E-state index contributed by atoms with van der Waals surface area (Å²) in [6.45, 7) is 10.2. The van der Waals surface area contributed by atoms with Gasteiger partial charge in [0.15, 0.2) is 6.04 Å². The predicted molar refractivity (Wildman–Crippen MR) is 80.9 cm³/mol. The lowest BCUT2D eigenvalue weighted by Crippen LogP contribution is -2.48. The predicted octanol–water partition coefficient (Wildman–Crippen LogP) is 2.22. The van der Waals surface area contributed by atoms with Crippen LogP contribution in [-0.2, 0) is 14.3 Å². The van der Waals surface area contributed by atoms with Gasteiger partial charge in [-0.25, -0.2) is 4.79 Å². The van der Waals surface area contributed by atoms with Gasteiger partial charge in [-0.3, -0.25) is 4.79 Å². The fourth-order valence-electron chi connectivity index (χ4n) is 3.28. The topological polar surface area (TPSA) is 75.6 Å². The number of ether oxygens (including phenoxy) is 1. The average Bonchev–Trinajstić information content (AvgIpc) is 2.34. The van der Waals surface area contributed by atoms with Crippen LogP contribution >= 0.6 is 0 Å². The number of carboxylic acid groups (broad SMARTS) is 1. The van der Waals surface area contributed by atoms with Gasteiger partial charge in [-0.05, 0) is 30.6 Å². The third-order valence-corrected chi connectivity index (χ3v) is 3.89. The molecule has 1 fully saturated rings. The van der Waals surface area contributed by atoms with E-state index >= 15 is 0 Å². The minimum atomic E-state index is -1.07. The number of carbonyl (C=O) groups excluding carboxylic acids is 1. The van der Waals surface area contributed by atoms with Crippen LogP contribution in [-0.4, -0.2) is 36.2 Å². The van der Waals surface area contributed by atoms with Crippen LogP contribution in [0, 0.1) is 17.3 Å². The average molecular weight is 297 g/mol. The summed E-state index contributed by atoms with van der Waals surface area (Å²) in [5.41, 5.74) is 0.123. The van der Waals surface area contributed by atoms with E-state index in [0.29, 0.717) is 5.92 Å². The molecule has 0 aromatic carbocycles. The van der Waals surface area contributed by atoms with E-state index < -0.39 is 12.0 Å². The number of carbonyl (C=O) groups is 2. The van der Waals surface area contributed by atoms with Crippen molar-refractivity contribution in [3.8, 4) is 0 Å². The monoisotopic (exact) mass is 297 g/mol. The summed E-state index contributed by atoms with van der Waals surface area (Å²) >= 11 is 0. The zero-order valence-corrected chi connectivity index (χ0v) is 13.2. The van der Waals surface area contributed by atoms with Crippen LogP contribution in [0.25, 0.3) is 0 Å². The minimum absolute atomic E-state index is 0.0429. The standard InChI is InChI=1S/C16H27NO4/c1-5-6-21-10-13(15(19)20)17-14(18)12-7-11(2)8-16(3,4)9-12/h5,11-13H,1,6-10H2,2-4H3,(H,17,18)(H,19,20). The maximum absolute atomic E-state index is 12.3. The van der Waals surface area contributed by atoms with E-state index in [1.165, 1.54) is 0 Å². The molecule has 5 heteroatoms. The Morgan fingerprint density at radius 1 is 1.48 bits per heavy atom. The molecule has 2 N–H and O–H groups in total. The summed E-state index contributed by atoms with van der Waals surface area (Å²) in [5, 5.41) is 11.8. The van der Waals surface area contributed by atoms with Crippen molar-refractivity contribution in [1.82, 2.24) is 5.32 Å². The first-order valence-electron chi connectivity index (χ1n) is 7.47. The van der Waals surface area contributed by atoms with E-state index in [9.17, 15) is 9.59 Å². The maximum Gasteiger partial charge on any atom is 0.328 e. The number of nitrogens with one attached hydrogen (secondary N) is 1. The summed E-state index contributed by atoms with van der Waals surface area (Å²) in [7, 11) is 0. The fourth-order valence-corrected chi connectivity index (χ4v) is 3.28. The van der Waals surface area contributed by atoms with Gasteiger partial charge in [-0.2, -0.15) is 0 Å². The van der Waals surface area contributed by atoms with Gasteiger partial charge >= 0.3 is 5.97 Å². The molecule has 0 radical (unpaired) electrons. The number of amides is 1. The Kier molecular flexibility index (Phi) is 6.40. The van der Waals surface area contributed by atoms with Gasteiger partial charge < -0.3 is 15.2 Å². The molecule has 120 valence electrons. The molecule has 1 saturated carbocycles. The van der Waals surface area contributed by atoms with E-state index in [4.69, 9.17) is 9.84 Å². The number of hydrogen-bond acceptors (Lipinski definition) is 3. The Morgan fingerprint density at radius 3 is 2.67 bits per heavy atom. The van der Waals surface area contributed by atoms with E-state index in [1.807, 2.05) is 0 Å². The van der Waals surface area contributed by atoms with Crippen LogP contribution in [0.3, 0.4) is 0 Å². The molecule has 0 aliphatic heterocycles. The molecular weight excluding hydrogens is 270 g/mol. The highest BCUT2D eigenvalue weighted by Gasteiger charge is 2.36. The summed E-state index contributed by atoms with van der Waals surface area (Å²) in [6, 6.07) is -1.00. The van der Waals surface area contributed by atoms with Crippen molar-refractivity contribution >= 4 is 11.9 Å². The summed E-state index contributed by atoms with van der Waals surface area (Å²) in [4.78, 5) is 23.5. The van der Waals surface area contributed by atoms with Crippen LogP contribution < -0.4 is 5.32 Å². The Bertz CT molecular complexity index is 392. The molecule has 3 atom stereocenters. The second-order valence-corrected chi connectivity index (χ2v) is 6.84. The molecular formula is C16H27NO4. The maximum atomic E-state index is 12.3. The molecule has 1 aliphatic carbocycles. The van der Waals surface area contributed by atoms with Crippen LogP contribution in [0.1, 0.15) is 40.0 Å². The Hall–Kier alpha value is -1.36. The second kappa shape index (κ2) is 7.59. The molecule has 0 aromatic heterocycles. The molecule has 0 bridgehead atoms. The highest BCUT2D eigenvalue weighted by atomic mass is 16.5. The number of aliphatic carboxylic acids is 1. The Morgan fingerprint density at radius 2 is 2.14 bits per heavy atom. The molecule has 0 aromatic rings. The van der Waals surface area contributed by atoms with Gasteiger partial charge in [-0.15, -0.1) is 6.58 Å². The smallest absolute Gasteiger partial charge is 0.328 e. The molecule has 3 unspecified atom stereocenters. The Balaban J connectivity index is 2.59. The SMILES string of the molecule is C=CCOCC(NC(=O)C1CC(C)CC(C)(C)C1)C(=O)O. The minimum Gasteiger partial charge on any atom is -0.480 e. The van der Waals surface area contributed by atoms with Crippen molar-refractivity contribution in [2.45, 2.75) is 46.1 Å². The first-order chi connectivity index (χ1) is 9.75. The van der Waals surface area contributed by atoms with E-state index in [1.54, 1.807) is 6.08 Å². The molecule has 0 saturated heterocycles. The quantitative estimate of drug-likeness (QED) is 0.558. The lowest BCUT2D eigenvalue weighted by molar-refractivity contribution is -0.144. The molecule has 0 heterocycles. The van der Waals surface area contributed by atoms with Gasteiger partial charge in [-0.1, -0.05) is 26.8 Å². The van der Waals surface area contributed by atoms with Crippen molar-refractivity contribution in [1.29, 1.82) is 0 Å². The van der Waals surface area contributed by atoms with E-state index in [2.05, 4.69) is 32.7 Å². The van der Waals surface area contributed by atoms with Gasteiger partial charge in [0.1, 0.15) is 0 Å². The van der Waals surface area contributed by atoms with Crippen LogP contribution in [0.2, 0.25) is 0 Å². The van der Waals surface area contributed by atoms with Crippen molar-refractivity contribution in [3.63, 3.8) is 0 Å². The molecule has 1 rings (SSSR count). The molecule has 5 nitrogen and oxygen atoms in total. The first kappa shape index (κ1) is 17.7. The zero-order valence-electron chi connectivity index (χ0n) is 13.2. The molecule has 1 aliphatic rings. The lowest BCUT2D eigenvalue weighted by atomic mass is 9.68. The van der Waals surface area contributed by atoms with E-state index in [-0.39, 0.29) is 30.5 Å². The zero-order chi connectivity index (χ0) is 16.0. The highest BCUT2D eigenvalue weighted by molar-refractivity contribution is 5.85. The Labute approximate surface area is 126 Å². The normalized spacial score (nSPS) is 25.9. The summed E-state index contributed by atoms with van der Waals surface area (Å²) < 4.78 is 5.14. The van der Waals surface area contributed by atoms with Crippen molar-refractivity contribution < 1.29 is 19.4 Å². The van der Waals surface area contributed by atoms with Gasteiger partial charge in [0.2, 0.25) is 5.91 Å². The highest BCUT2D eigenvalue weighted by Crippen LogP contribution is 2.41. The van der Waals surface area contributed by atoms with Crippen molar-refractivity contribution in [2.24, 2.45) is 17.3 Å². The van der Waals surface area contributed by atoms with Crippen LogP contribution in [0.15, 0.2) is 12.7 Å². The third kappa shape index (κ3) is 5.87. The van der Waals surface area contributed by atoms with E-state index in [0.717, 1.165) is 19.3 Å². The third-order valence-electron chi connectivity index (χ3n) is 3.89. The summed E-state index contributed by atoms with van der Waals surface area (Å²) in [6.07, 6.45) is 4.26. The molecule has 21 heavy (non-hydrogen) atoms. The second-order valence-electron chi connectivity index (χ2n) is 6.84. The van der Waals surface area contributed by atoms with Crippen LogP contribution in [0.4, 0.5) is 0 Å². The number of carboxylic acids is 1. The fraction of sp³-hybridized carbons (Fsp3) is 0.750. The number of rotatable bonds is 7. The molecule has 1 amide bonds. The lowest BCUT2D eigenvalue weighted by Gasteiger charge is -2.38.